The number of hydrogen-bond donors (Lipinski definition) is 1. The summed E-state index contributed by atoms with van der Waals surface area (Å²) >= 11 is 0. The van der Waals surface area contributed by atoms with Crippen LogP contribution in [0.5, 0.6) is 0 Å². The van der Waals surface area contributed by atoms with Crippen molar-refractivity contribution in [3.8, 4) is 11.3 Å². The zero-order valence-corrected chi connectivity index (χ0v) is 17.3. The fraction of sp³-hybridized carbons (Fsp3) is 0.160. The Bertz CT molecular complexity index is 1270. The third-order valence-electron chi connectivity index (χ3n) is 5.48. The summed E-state index contributed by atoms with van der Waals surface area (Å²) in [6, 6.07) is 17.7. The Balaban J connectivity index is 1.46. The highest BCUT2D eigenvalue weighted by atomic mass is 19.1. The highest BCUT2D eigenvalue weighted by Crippen LogP contribution is 2.27. The zero-order chi connectivity index (χ0) is 21.9. The second kappa shape index (κ2) is 8.72. The van der Waals surface area contributed by atoms with Crippen molar-refractivity contribution in [2.75, 3.05) is 36.5 Å². The Kier molecular flexibility index (Phi) is 5.47. The van der Waals surface area contributed by atoms with Gasteiger partial charge in [-0.25, -0.2) is 9.37 Å². The summed E-state index contributed by atoms with van der Waals surface area (Å²) in [4.78, 5) is 24.0. The van der Waals surface area contributed by atoms with E-state index in [1.807, 2.05) is 41.3 Å². The number of ether oxygens (including phenoxy) is 1. The topological polar surface area (TPSA) is 67.4 Å². The molecular weight excluding hydrogens is 407 g/mol. The van der Waals surface area contributed by atoms with E-state index in [0.29, 0.717) is 54.5 Å². The number of morpholine rings is 1. The molecule has 1 aliphatic heterocycles. The number of aromatic nitrogens is 2. The van der Waals surface area contributed by atoms with E-state index in [9.17, 15) is 9.18 Å². The molecular formula is C25H21FN4O2. The molecule has 1 N–H and O–H groups in total. The number of benzene rings is 2. The van der Waals surface area contributed by atoms with Gasteiger partial charge in [0.15, 0.2) is 0 Å². The van der Waals surface area contributed by atoms with E-state index in [2.05, 4.69) is 15.3 Å². The first-order chi connectivity index (χ1) is 15.7. The molecule has 0 radical (unpaired) electrons. The third-order valence-corrected chi connectivity index (χ3v) is 5.48. The predicted molar refractivity (Wildman–Crippen MR) is 122 cm³/mol. The van der Waals surface area contributed by atoms with E-state index in [4.69, 9.17) is 4.74 Å². The van der Waals surface area contributed by atoms with Crippen LogP contribution in [0, 0.1) is 5.82 Å². The van der Waals surface area contributed by atoms with E-state index in [1.165, 1.54) is 6.07 Å². The smallest absolute Gasteiger partial charge is 0.256 e. The van der Waals surface area contributed by atoms with Crippen LogP contribution in [0.4, 0.5) is 15.8 Å². The molecule has 0 unspecified atom stereocenters. The van der Waals surface area contributed by atoms with Gasteiger partial charge in [0.25, 0.3) is 5.91 Å². The number of para-hydroxylation sites is 1. The Labute approximate surface area is 184 Å². The molecule has 1 aliphatic rings. The maximum atomic E-state index is 14.8. The molecule has 1 amide bonds. The third kappa shape index (κ3) is 4.02. The van der Waals surface area contributed by atoms with E-state index in [1.54, 1.807) is 30.6 Å². The van der Waals surface area contributed by atoms with Gasteiger partial charge in [-0.1, -0.05) is 18.2 Å². The summed E-state index contributed by atoms with van der Waals surface area (Å²) < 4.78 is 20.1. The monoisotopic (exact) mass is 428 g/mol. The lowest BCUT2D eigenvalue weighted by atomic mass is 10.0. The van der Waals surface area contributed by atoms with Crippen molar-refractivity contribution in [2.45, 2.75) is 0 Å². The fourth-order valence-corrected chi connectivity index (χ4v) is 3.87. The number of hydrogen-bond acceptors (Lipinski definition) is 5. The molecule has 7 heteroatoms. The Morgan fingerprint density at radius 3 is 2.66 bits per heavy atom. The van der Waals surface area contributed by atoms with Crippen molar-refractivity contribution in [2.24, 2.45) is 0 Å². The zero-order valence-electron chi connectivity index (χ0n) is 17.3. The number of fused-ring (bicyclic) bond motifs is 1. The average molecular weight is 428 g/mol. The predicted octanol–water partition coefficient (Wildman–Crippen LogP) is 4.52. The molecule has 2 aromatic carbocycles. The molecule has 32 heavy (non-hydrogen) atoms. The number of nitrogens with one attached hydrogen (secondary N) is 1. The van der Waals surface area contributed by atoms with Crippen molar-refractivity contribution in [3.63, 3.8) is 0 Å². The van der Waals surface area contributed by atoms with Gasteiger partial charge >= 0.3 is 0 Å². The molecule has 1 saturated heterocycles. The lowest BCUT2D eigenvalue weighted by Gasteiger charge is -2.29. The average Bonchev–Trinajstić information content (AvgIpc) is 2.84. The number of rotatable bonds is 4. The quantitative estimate of drug-likeness (QED) is 0.518. The molecule has 4 aromatic rings. The first kappa shape index (κ1) is 20.1. The maximum absolute atomic E-state index is 14.8. The standard InChI is InChI=1S/C25H21FN4O2/c26-21-14-18(7-8-24(21)30-10-12-32-13-11-30)28-25(31)20-15-23(17-4-3-9-27-16-17)29-22-6-2-1-5-19(20)22/h1-9,14-16H,10-13H2,(H,28,31). The van der Waals surface area contributed by atoms with E-state index < -0.39 is 0 Å². The van der Waals surface area contributed by atoms with Crippen LogP contribution >= 0.6 is 0 Å². The maximum Gasteiger partial charge on any atom is 0.256 e. The Hall–Kier alpha value is -3.84. The number of halogens is 1. The van der Waals surface area contributed by atoms with Crippen molar-refractivity contribution in [1.82, 2.24) is 9.97 Å². The van der Waals surface area contributed by atoms with Gasteiger partial charge < -0.3 is 15.0 Å². The van der Waals surface area contributed by atoms with Gasteiger partial charge in [-0.15, -0.1) is 0 Å². The molecule has 0 atom stereocenters. The van der Waals surface area contributed by atoms with Gasteiger partial charge in [-0.3, -0.25) is 9.78 Å². The minimum atomic E-state index is -0.375. The van der Waals surface area contributed by atoms with Gasteiger partial charge in [0.05, 0.1) is 35.7 Å². The number of carbonyl (C=O) groups is 1. The van der Waals surface area contributed by atoms with Gasteiger partial charge in [-0.2, -0.15) is 0 Å². The highest BCUT2D eigenvalue weighted by Gasteiger charge is 2.18. The van der Waals surface area contributed by atoms with Crippen molar-refractivity contribution in [3.05, 3.63) is 84.4 Å². The second-order valence-electron chi connectivity index (χ2n) is 7.53. The number of nitrogens with zero attached hydrogens (tertiary/aromatic N) is 3. The molecule has 6 nitrogen and oxygen atoms in total. The first-order valence-corrected chi connectivity index (χ1v) is 10.4. The molecule has 2 aromatic heterocycles. The van der Waals surface area contributed by atoms with Crippen LogP contribution in [-0.2, 0) is 4.74 Å². The van der Waals surface area contributed by atoms with Crippen molar-refractivity contribution in [1.29, 1.82) is 0 Å². The van der Waals surface area contributed by atoms with Crippen molar-refractivity contribution >= 4 is 28.2 Å². The molecule has 1 fully saturated rings. The first-order valence-electron chi connectivity index (χ1n) is 10.4. The number of anilines is 2. The molecule has 5 rings (SSSR count). The minimum Gasteiger partial charge on any atom is -0.378 e. The van der Waals surface area contributed by atoms with Crippen LogP contribution in [-0.4, -0.2) is 42.2 Å². The van der Waals surface area contributed by atoms with E-state index in [0.717, 1.165) is 10.9 Å². The summed E-state index contributed by atoms with van der Waals surface area (Å²) in [5, 5.41) is 3.56. The van der Waals surface area contributed by atoms with Crippen LogP contribution in [0.1, 0.15) is 10.4 Å². The summed E-state index contributed by atoms with van der Waals surface area (Å²) in [6.45, 7) is 2.43. The largest absolute Gasteiger partial charge is 0.378 e. The van der Waals surface area contributed by atoms with Crippen molar-refractivity contribution < 1.29 is 13.9 Å². The summed E-state index contributed by atoms with van der Waals surface area (Å²) in [5.41, 5.74) is 3.54. The molecule has 0 saturated carbocycles. The summed E-state index contributed by atoms with van der Waals surface area (Å²) in [6.07, 6.45) is 3.39. The molecule has 0 bridgehead atoms. The SMILES string of the molecule is O=C(Nc1ccc(N2CCOCC2)c(F)c1)c1cc(-c2cccnc2)nc2ccccc12. The van der Waals surface area contributed by atoms with Crippen LogP contribution in [0.15, 0.2) is 73.1 Å². The van der Waals surface area contributed by atoms with Gasteiger partial charge in [0, 0.05) is 42.1 Å². The van der Waals surface area contributed by atoms with Gasteiger partial charge in [0.1, 0.15) is 5.82 Å². The van der Waals surface area contributed by atoms with E-state index in [-0.39, 0.29) is 11.7 Å². The van der Waals surface area contributed by atoms with Crippen LogP contribution in [0.25, 0.3) is 22.2 Å². The van der Waals surface area contributed by atoms with Crippen LogP contribution < -0.4 is 10.2 Å². The molecule has 160 valence electrons. The highest BCUT2D eigenvalue weighted by molar-refractivity contribution is 6.13. The lowest BCUT2D eigenvalue weighted by Crippen LogP contribution is -2.36. The second-order valence-corrected chi connectivity index (χ2v) is 7.53. The minimum absolute atomic E-state index is 0.327. The van der Waals surface area contributed by atoms with Crippen LogP contribution in [0.2, 0.25) is 0 Å². The summed E-state index contributed by atoms with van der Waals surface area (Å²) in [7, 11) is 0. The molecule has 3 heterocycles. The lowest BCUT2D eigenvalue weighted by molar-refractivity contribution is 0.102. The Morgan fingerprint density at radius 2 is 1.88 bits per heavy atom. The van der Waals surface area contributed by atoms with Crippen LogP contribution in [0.3, 0.4) is 0 Å². The number of carbonyl (C=O) groups excluding carboxylic acids is 1. The van der Waals surface area contributed by atoms with E-state index >= 15 is 0 Å². The number of amides is 1. The van der Waals surface area contributed by atoms with Gasteiger partial charge in [-0.05, 0) is 42.5 Å². The summed E-state index contributed by atoms with van der Waals surface area (Å²) in [5.74, 6) is -0.701. The van der Waals surface area contributed by atoms with Gasteiger partial charge in [0.2, 0.25) is 0 Å². The number of pyridine rings is 2. The molecule has 0 spiro atoms. The molecule has 0 aliphatic carbocycles. The fourth-order valence-electron chi connectivity index (χ4n) is 3.87. The Morgan fingerprint density at radius 1 is 1.03 bits per heavy atom. The normalized spacial score (nSPS) is 13.8.